The molecule has 2 nitrogen and oxygen atoms in total. The van der Waals surface area contributed by atoms with Gasteiger partial charge in [-0.1, -0.05) is 12.1 Å². The second-order valence-electron chi connectivity index (χ2n) is 2.14. The lowest BCUT2D eigenvalue weighted by Crippen LogP contribution is -1.89. The molecule has 1 rings (SSSR count). The molecule has 0 atom stereocenters. The Hall–Kier alpha value is -1.22. The van der Waals surface area contributed by atoms with E-state index in [1.165, 1.54) is 12.1 Å². The highest BCUT2D eigenvalue weighted by molar-refractivity contribution is 5.74. The molecule has 0 heterocycles. The number of hydrogen-bond donors (Lipinski definition) is 1. The summed E-state index contributed by atoms with van der Waals surface area (Å²) in [6.45, 7) is 0. The van der Waals surface area contributed by atoms with Crippen LogP contribution in [0.2, 0.25) is 0 Å². The fourth-order valence-electron chi connectivity index (χ4n) is 0.571. The van der Waals surface area contributed by atoms with Crippen molar-refractivity contribution in [1.82, 2.24) is 5.32 Å². The third-order valence-corrected chi connectivity index (χ3v) is 1.03. The summed E-state index contributed by atoms with van der Waals surface area (Å²) in [7, 11) is 3.75. The van der Waals surface area contributed by atoms with Crippen molar-refractivity contribution >= 4 is 6.29 Å². The predicted octanol–water partition coefficient (Wildman–Crippen LogP) is 1.47. The third-order valence-electron chi connectivity index (χ3n) is 1.03. The van der Waals surface area contributed by atoms with E-state index in [0.717, 1.165) is 0 Å². The summed E-state index contributed by atoms with van der Waals surface area (Å²) in [5, 5.41) is 2.75. The summed E-state index contributed by atoms with van der Waals surface area (Å²) in [5.74, 6) is -0.465. The Kier molecular flexibility index (Phi) is 5.83. The number of carbonyl (C=O) groups excluding carboxylic acids is 1. The van der Waals surface area contributed by atoms with Crippen molar-refractivity contribution in [2.24, 2.45) is 0 Å². The second kappa shape index (κ2) is 6.49. The number of aldehydes is 1. The van der Waals surface area contributed by atoms with Crippen LogP contribution in [0.5, 0.6) is 0 Å². The van der Waals surface area contributed by atoms with Crippen molar-refractivity contribution in [1.29, 1.82) is 0 Å². The molecule has 66 valence electrons. The van der Waals surface area contributed by atoms with E-state index in [0.29, 0.717) is 6.29 Å². The topological polar surface area (TPSA) is 29.1 Å². The fourth-order valence-corrected chi connectivity index (χ4v) is 0.571. The lowest BCUT2D eigenvalue weighted by Gasteiger charge is -1.88. The Morgan fingerprint density at radius 2 is 1.83 bits per heavy atom. The maximum absolute atomic E-state index is 12.4. The van der Waals surface area contributed by atoms with Crippen LogP contribution in [0, 0.1) is 5.82 Å². The maximum Gasteiger partial charge on any atom is 0.152 e. The third kappa shape index (κ3) is 3.83. The van der Waals surface area contributed by atoms with Gasteiger partial charge in [-0.25, -0.2) is 4.39 Å². The molecule has 0 bridgehead atoms. The van der Waals surface area contributed by atoms with E-state index in [4.69, 9.17) is 0 Å². The monoisotopic (exact) mass is 169 g/mol. The van der Waals surface area contributed by atoms with Crippen molar-refractivity contribution in [3.63, 3.8) is 0 Å². The Bertz CT molecular complexity index is 238. The molecule has 1 aromatic rings. The van der Waals surface area contributed by atoms with E-state index in [1.54, 1.807) is 12.1 Å². The summed E-state index contributed by atoms with van der Waals surface area (Å²) in [4.78, 5) is 9.99. The van der Waals surface area contributed by atoms with Gasteiger partial charge in [-0.2, -0.15) is 0 Å². The zero-order chi connectivity index (χ0) is 9.40. The molecule has 1 aromatic carbocycles. The molecule has 0 aliphatic rings. The van der Waals surface area contributed by atoms with Gasteiger partial charge in [0.15, 0.2) is 6.29 Å². The zero-order valence-corrected chi connectivity index (χ0v) is 7.17. The Balaban J connectivity index is 0.000000354. The van der Waals surface area contributed by atoms with E-state index >= 15 is 0 Å². The first-order chi connectivity index (χ1) is 5.76. The van der Waals surface area contributed by atoms with Crippen molar-refractivity contribution in [3.05, 3.63) is 35.6 Å². The van der Waals surface area contributed by atoms with E-state index in [9.17, 15) is 9.18 Å². The molecule has 0 unspecified atom stereocenters. The molecule has 1 N–H and O–H groups in total. The number of carbonyl (C=O) groups is 1. The number of nitrogens with one attached hydrogen (secondary N) is 1. The van der Waals surface area contributed by atoms with Gasteiger partial charge in [0.25, 0.3) is 0 Å². The van der Waals surface area contributed by atoms with Crippen LogP contribution in [-0.4, -0.2) is 20.4 Å². The van der Waals surface area contributed by atoms with Gasteiger partial charge in [-0.05, 0) is 26.2 Å². The number of hydrogen-bond acceptors (Lipinski definition) is 2. The van der Waals surface area contributed by atoms with Crippen LogP contribution in [0.15, 0.2) is 24.3 Å². The van der Waals surface area contributed by atoms with Gasteiger partial charge in [0.2, 0.25) is 0 Å². The van der Waals surface area contributed by atoms with E-state index < -0.39 is 5.82 Å². The van der Waals surface area contributed by atoms with Crippen molar-refractivity contribution in [2.75, 3.05) is 14.1 Å². The molecule has 0 aromatic heterocycles. The molecule has 0 fully saturated rings. The molecular formula is C9H12FNO. The van der Waals surface area contributed by atoms with Gasteiger partial charge in [-0.3, -0.25) is 4.79 Å². The van der Waals surface area contributed by atoms with Crippen molar-refractivity contribution in [2.45, 2.75) is 0 Å². The lowest BCUT2D eigenvalue weighted by atomic mass is 10.2. The average molecular weight is 169 g/mol. The molecule has 12 heavy (non-hydrogen) atoms. The van der Waals surface area contributed by atoms with Crippen molar-refractivity contribution in [3.8, 4) is 0 Å². The molecule has 0 aliphatic heterocycles. The van der Waals surface area contributed by atoms with Crippen LogP contribution in [0.25, 0.3) is 0 Å². The number of rotatable bonds is 1. The summed E-state index contributed by atoms with van der Waals surface area (Å²) < 4.78 is 12.4. The highest BCUT2D eigenvalue weighted by Gasteiger charge is 1.94. The highest BCUT2D eigenvalue weighted by Crippen LogP contribution is 2.01. The largest absolute Gasteiger partial charge is 0.323 e. The summed E-state index contributed by atoms with van der Waals surface area (Å²) in [5.41, 5.74) is 0.109. The van der Waals surface area contributed by atoms with Crippen molar-refractivity contribution < 1.29 is 9.18 Å². The first-order valence-corrected chi connectivity index (χ1v) is 3.54. The Labute approximate surface area is 71.4 Å². The lowest BCUT2D eigenvalue weighted by molar-refractivity contribution is 0.112. The first-order valence-electron chi connectivity index (χ1n) is 3.54. The van der Waals surface area contributed by atoms with E-state index in [2.05, 4.69) is 5.32 Å². The van der Waals surface area contributed by atoms with E-state index in [-0.39, 0.29) is 5.56 Å². The molecule has 0 radical (unpaired) electrons. The van der Waals surface area contributed by atoms with Gasteiger partial charge in [0, 0.05) is 0 Å². The quantitative estimate of drug-likeness (QED) is 0.645. The summed E-state index contributed by atoms with van der Waals surface area (Å²) in [6, 6.07) is 5.85. The van der Waals surface area contributed by atoms with Crippen LogP contribution in [0.3, 0.4) is 0 Å². The number of benzene rings is 1. The SMILES string of the molecule is CNC.O=Cc1ccccc1F. The Morgan fingerprint density at radius 3 is 2.17 bits per heavy atom. The molecule has 0 saturated heterocycles. The predicted molar refractivity (Wildman–Crippen MR) is 46.8 cm³/mol. The minimum atomic E-state index is -0.465. The first kappa shape index (κ1) is 10.8. The van der Waals surface area contributed by atoms with Gasteiger partial charge >= 0.3 is 0 Å². The fraction of sp³-hybridized carbons (Fsp3) is 0.222. The molecular weight excluding hydrogens is 157 g/mol. The van der Waals surface area contributed by atoms with Crippen LogP contribution in [0.4, 0.5) is 4.39 Å². The van der Waals surface area contributed by atoms with Crippen LogP contribution in [0.1, 0.15) is 10.4 Å². The molecule has 0 aliphatic carbocycles. The average Bonchev–Trinajstić information content (AvgIpc) is 2.07. The molecule has 0 saturated carbocycles. The van der Waals surface area contributed by atoms with Gasteiger partial charge < -0.3 is 5.32 Å². The van der Waals surface area contributed by atoms with Crippen LogP contribution in [-0.2, 0) is 0 Å². The minimum absolute atomic E-state index is 0.109. The smallest absolute Gasteiger partial charge is 0.152 e. The molecule has 0 amide bonds. The normalized spacial score (nSPS) is 8.25. The second-order valence-corrected chi connectivity index (χ2v) is 2.14. The standard InChI is InChI=1S/C7H5FO.C2H7N/c8-7-4-2-1-3-6(7)5-9;1-3-2/h1-5H;3H,1-2H3. The number of halogens is 1. The molecule has 3 heteroatoms. The van der Waals surface area contributed by atoms with Crippen LogP contribution < -0.4 is 5.32 Å². The van der Waals surface area contributed by atoms with Gasteiger partial charge in [0.1, 0.15) is 5.82 Å². The minimum Gasteiger partial charge on any atom is -0.323 e. The Morgan fingerprint density at radius 1 is 1.33 bits per heavy atom. The van der Waals surface area contributed by atoms with Crippen LogP contribution >= 0.6 is 0 Å². The summed E-state index contributed by atoms with van der Waals surface area (Å²) in [6.07, 6.45) is 0.495. The summed E-state index contributed by atoms with van der Waals surface area (Å²) >= 11 is 0. The maximum atomic E-state index is 12.4. The zero-order valence-electron chi connectivity index (χ0n) is 7.17. The van der Waals surface area contributed by atoms with E-state index in [1.807, 2.05) is 14.1 Å². The van der Waals surface area contributed by atoms with Gasteiger partial charge in [0.05, 0.1) is 5.56 Å². The van der Waals surface area contributed by atoms with Gasteiger partial charge in [-0.15, -0.1) is 0 Å². The highest BCUT2D eigenvalue weighted by atomic mass is 19.1. The molecule has 0 spiro atoms.